The Balaban J connectivity index is 1.30. The van der Waals surface area contributed by atoms with Crippen LogP contribution in [0, 0.1) is 0 Å². The lowest BCUT2D eigenvalue weighted by molar-refractivity contribution is -0.120. The molecule has 3 N–H and O–H groups in total. The zero-order valence-electron chi connectivity index (χ0n) is 16.5. The molecule has 0 saturated carbocycles. The molecule has 2 heterocycles. The summed E-state index contributed by atoms with van der Waals surface area (Å²) in [6, 6.07) is 17.4. The molecule has 8 nitrogen and oxygen atoms in total. The molecule has 3 aromatic rings. The number of thioether (sulfide) groups is 1. The van der Waals surface area contributed by atoms with Crippen LogP contribution in [0.5, 0.6) is 0 Å². The molecule has 4 amide bonds. The molecule has 9 heteroatoms. The number of urea groups is 1. The number of benzene rings is 2. The van der Waals surface area contributed by atoms with E-state index in [1.54, 1.807) is 42.7 Å². The van der Waals surface area contributed by atoms with E-state index >= 15 is 0 Å². The van der Waals surface area contributed by atoms with E-state index in [0.29, 0.717) is 22.9 Å². The van der Waals surface area contributed by atoms with Crippen LogP contribution in [-0.4, -0.2) is 30.1 Å². The molecule has 0 bridgehead atoms. The van der Waals surface area contributed by atoms with Gasteiger partial charge >= 0.3 is 6.03 Å². The van der Waals surface area contributed by atoms with Gasteiger partial charge in [0.25, 0.3) is 0 Å². The Labute approximate surface area is 183 Å². The third-order valence-corrected chi connectivity index (χ3v) is 5.59. The van der Waals surface area contributed by atoms with Crippen LogP contribution in [0.15, 0.2) is 76.2 Å². The van der Waals surface area contributed by atoms with Gasteiger partial charge in [0.1, 0.15) is 12.3 Å². The standard InChI is InChI=1S/C22H20N4O4S/c27-20(13-26-18-5-1-2-6-19(18)31-14-21(26)28)24-15-7-9-16(10-8-15)25-22(29)23-12-17-4-3-11-30-17/h1-11H,12-14H2,(H,24,27)(H2,23,25,29). The lowest BCUT2D eigenvalue weighted by atomic mass is 10.2. The zero-order valence-corrected chi connectivity index (χ0v) is 17.3. The minimum atomic E-state index is -0.367. The van der Waals surface area contributed by atoms with Crippen molar-refractivity contribution in [2.24, 2.45) is 0 Å². The van der Waals surface area contributed by atoms with Crippen LogP contribution in [0.2, 0.25) is 0 Å². The van der Waals surface area contributed by atoms with Crippen molar-refractivity contribution in [1.29, 1.82) is 0 Å². The van der Waals surface area contributed by atoms with Crippen molar-refractivity contribution < 1.29 is 18.8 Å². The molecule has 0 spiro atoms. The van der Waals surface area contributed by atoms with Crippen LogP contribution >= 0.6 is 11.8 Å². The smallest absolute Gasteiger partial charge is 0.319 e. The molecule has 31 heavy (non-hydrogen) atoms. The molecule has 4 rings (SSSR count). The maximum absolute atomic E-state index is 12.5. The van der Waals surface area contributed by atoms with Crippen molar-refractivity contribution in [3.05, 3.63) is 72.7 Å². The highest BCUT2D eigenvalue weighted by Gasteiger charge is 2.26. The zero-order chi connectivity index (χ0) is 21.6. The van der Waals surface area contributed by atoms with E-state index in [1.165, 1.54) is 16.7 Å². The van der Waals surface area contributed by atoms with Gasteiger partial charge in [0.15, 0.2) is 0 Å². The number of fused-ring (bicyclic) bond motifs is 1. The summed E-state index contributed by atoms with van der Waals surface area (Å²) >= 11 is 1.47. The maximum atomic E-state index is 12.5. The summed E-state index contributed by atoms with van der Waals surface area (Å²) in [6.07, 6.45) is 1.54. The molecule has 1 aliphatic heterocycles. The van der Waals surface area contributed by atoms with Crippen molar-refractivity contribution in [2.75, 3.05) is 27.8 Å². The van der Waals surface area contributed by atoms with Gasteiger partial charge in [0, 0.05) is 16.3 Å². The number of carbonyl (C=O) groups is 3. The van der Waals surface area contributed by atoms with Gasteiger partial charge in [0.2, 0.25) is 11.8 Å². The van der Waals surface area contributed by atoms with Gasteiger partial charge in [-0.3, -0.25) is 9.59 Å². The summed E-state index contributed by atoms with van der Waals surface area (Å²) in [5, 5.41) is 8.18. The SMILES string of the molecule is O=C(CN1C(=O)CSc2ccccc21)Nc1ccc(NC(=O)NCc2ccco2)cc1. The van der Waals surface area contributed by atoms with Crippen LogP contribution in [-0.2, 0) is 16.1 Å². The minimum Gasteiger partial charge on any atom is -0.467 e. The summed E-state index contributed by atoms with van der Waals surface area (Å²) in [7, 11) is 0. The Morgan fingerprint density at radius 3 is 2.45 bits per heavy atom. The summed E-state index contributed by atoms with van der Waals surface area (Å²) in [5.41, 5.74) is 1.89. The fourth-order valence-corrected chi connectivity index (χ4v) is 4.00. The fourth-order valence-electron chi connectivity index (χ4n) is 3.06. The first kappa shape index (κ1) is 20.5. The third kappa shape index (κ3) is 5.26. The largest absolute Gasteiger partial charge is 0.467 e. The topological polar surface area (TPSA) is 104 Å². The van der Waals surface area contributed by atoms with Crippen LogP contribution < -0.4 is 20.9 Å². The number of anilines is 3. The van der Waals surface area contributed by atoms with Gasteiger partial charge in [-0.2, -0.15) is 0 Å². The number of hydrogen-bond donors (Lipinski definition) is 3. The second kappa shape index (κ2) is 9.40. The number of carbonyl (C=O) groups excluding carboxylic acids is 3. The van der Waals surface area contributed by atoms with Gasteiger partial charge in [-0.1, -0.05) is 12.1 Å². The second-order valence-electron chi connectivity index (χ2n) is 6.75. The van der Waals surface area contributed by atoms with E-state index in [2.05, 4.69) is 16.0 Å². The molecule has 158 valence electrons. The highest BCUT2D eigenvalue weighted by atomic mass is 32.2. The van der Waals surface area contributed by atoms with Gasteiger partial charge < -0.3 is 25.3 Å². The van der Waals surface area contributed by atoms with Crippen molar-refractivity contribution in [3.63, 3.8) is 0 Å². The predicted molar refractivity (Wildman–Crippen MR) is 119 cm³/mol. The van der Waals surface area contributed by atoms with E-state index in [4.69, 9.17) is 4.42 Å². The third-order valence-electron chi connectivity index (χ3n) is 4.54. The molecular formula is C22H20N4O4S. The molecule has 0 radical (unpaired) electrons. The quantitative estimate of drug-likeness (QED) is 0.547. The van der Waals surface area contributed by atoms with Crippen LogP contribution in [0.4, 0.5) is 21.9 Å². The molecule has 0 fully saturated rings. The molecule has 0 atom stereocenters. The molecule has 1 aromatic heterocycles. The predicted octanol–water partition coefficient (Wildman–Crippen LogP) is 3.68. The average Bonchev–Trinajstić information content (AvgIpc) is 3.29. The molecule has 1 aliphatic rings. The Bertz CT molecular complexity index is 1080. The van der Waals surface area contributed by atoms with E-state index in [9.17, 15) is 14.4 Å². The Kier molecular flexibility index (Phi) is 6.23. The first-order chi connectivity index (χ1) is 15.1. The van der Waals surface area contributed by atoms with Crippen molar-refractivity contribution in [2.45, 2.75) is 11.4 Å². The summed E-state index contributed by atoms with van der Waals surface area (Å²) in [5.74, 6) is 0.569. The Hall–Kier alpha value is -3.72. The van der Waals surface area contributed by atoms with Gasteiger partial charge in [-0.15, -0.1) is 11.8 Å². The van der Waals surface area contributed by atoms with Gasteiger partial charge in [0.05, 0.1) is 24.2 Å². The number of para-hydroxylation sites is 1. The average molecular weight is 436 g/mol. The Morgan fingerprint density at radius 1 is 0.968 bits per heavy atom. The first-order valence-electron chi connectivity index (χ1n) is 9.58. The number of amides is 4. The second-order valence-corrected chi connectivity index (χ2v) is 7.77. The minimum absolute atomic E-state index is 0.0639. The number of nitrogens with zero attached hydrogens (tertiary/aromatic N) is 1. The number of rotatable bonds is 6. The normalized spacial score (nSPS) is 12.8. The summed E-state index contributed by atoms with van der Waals surface area (Å²) in [6.45, 7) is 0.218. The molecular weight excluding hydrogens is 416 g/mol. The van der Waals surface area contributed by atoms with Crippen molar-refractivity contribution >= 4 is 46.7 Å². The van der Waals surface area contributed by atoms with Gasteiger partial charge in [-0.25, -0.2) is 4.79 Å². The molecule has 0 unspecified atom stereocenters. The van der Waals surface area contributed by atoms with Crippen LogP contribution in [0.3, 0.4) is 0 Å². The summed E-state index contributed by atoms with van der Waals surface area (Å²) in [4.78, 5) is 39.2. The van der Waals surface area contributed by atoms with E-state index in [1.807, 2.05) is 24.3 Å². The first-order valence-corrected chi connectivity index (χ1v) is 10.6. The van der Waals surface area contributed by atoms with E-state index < -0.39 is 0 Å². The van der Waals surface area contributed by atoms with Crippen LogP contribution in [0.25, 0.3) is 0 Å². The van der Waals surface area contributed by atoms with E-state index in [-0.39, 0.29) is 30.9 Å². The molecule has 2 aromatic carbocycles. The van der Waals surface area contributed by atoms with Crippen molar-refractivity contribution in [1.82, 2.24) is 5.32 Å². The number of furan rings is 1. The highest BCUT2D eigenvalue weighted by Crippen LogP contribution is 2.34. The maximum Gasteiger partial charge on any atom is 0.319 e. The summed E-state index contributed by atoms with van der Waals surface area (Å²) < 4.78 is 5.16. The van der Waals surface area contributed by atoms with Crippen LogP contribution in [0.1, 0.15) is 5.76 Å². The fraction of sp³-hybridized carbons (Fsp3) is 0.136. The highest BCUT2D eigenvalue weighted by molar-refractivity contribution is 8.00. The lowest BCUT2D eigenvalue weighted by Gasteiger charge is -2.28. The monoisotopic (exact) mass is 436 g/mol. The van der Waals surface area contributed by atoms with E-state index in [0.717, 1.165) is 10.6 Å². The number of hydrogen-bond acceptors (Lipinski definition) is 5. The number of nitrogens with one attached hydrogen (secondary N) is 3. The molecule has 0 aliphatic carbocycles. The molecule has 0 saturated heterocycles. The Morgan fingerprint density at radius 2 is 1.71 bits per heavy atom. The van der Waals surface area contributed by atoms with Gasteiger partial charge in [-0.05, 0) is 48.5 Å². The lowest BCUT2D eigenvalue weighted by Crippen LogP contribution is -2.41. The van der Waals surface area contributed by atoms with Crippen molar-refractivity contribution in [3.8, 4) is 0 Å².